The van der Waals surface area contributed by atoms with Gasteiger partial charge < -0.3 is 5.73 Å². The minimum absolute atomic E-state index is 0.0773. The molecule has 0 aliphatic heterocycles. The standard InChI is InChI=1S/C10H17N3O/c1-3-13-8(2)12-7-9(10(13)14)5-4-6-11/h7H,3-6,11H2,1-2H3. The third-order valence-electron chi connectivity index (χ3n) is 2.28. The van der Waals surface area contributed by atoms with E-state index in [-0.39, 0.29) is 5.56 Å². The second kappa shape index (κ2) is 4.91. The van der Waals surface area contributed by atoms with Gasteiger partial charge >= 0.3 is 0 Å². The Morgan fingerprint density at radius 2 is 2.29 bits per heavy atom. The van der Waals surface area contributed by atoms with E-state index in [4.69, 9.17) is 5.73 Å². The van der Waals surface area contributed by atoms with Crippen LogP contribution in [0, 0.1) is 6.92 Å². The van der Waals surface area contributed by atoms with Crippen LogP contribution in [0.25, 0.3) is 0 Å². The summed E-state index contributed by atoms with van der Waals surface area (Å²) in [6.07, 6.45) is 3.23. The maximum absolute atomic E-state index is 11.8. The van der Waals surface area contributed by atoms with E-state index < -0.39 is 0 Å². The molecule has 0 amide bonds. The maximum atomic E-state index is 11.8. The average molecular weight is 195 g/mol. The molecule has 0 bridgehead atoms. The molecule has 0 saturated carbocycles. The Balaban J connectivity index is 3.02. The molecule has 0 spiro atoms. The summed E-state index contributed by atoms with van der Waals surface area (Å²) >= 11 is 0. The van der Waals surface area contributed by atoms with Gasteiger partial charge in [0.1, 0.15) is 5.82 Å². The first-order valence-electron chi connectivity index (χ1n) is 4.96. The van der Waals surface area contributed by atoms with E-state index in [1.165, 1.54) is 0 Å². The predicted octanol–water partition coefficient (Wildman–Crippen LogP) is 0.463. The van der Waals surface area contributed by atoms with E-state index in [1.807, 2.05) is 13.8 Å². The molecule has 1 aromatic rings. The van der Waals surface area contributed by atoms with Crippen LogP contribution in [0.1, 0.15) is 24.7 Å². The Bertz CT molecular complexity index is 357. The van der Waals surface area contributed by atoms with Crippen molar-refractivity contribution in [2.24, 2.45) is 5.73 Å². The van der Waals surface area contributed by atoms with Gasteiger partial charge in [0.05, 0.1) is 0 Å². The van der Waals surface area contributed by atoms with E-state index in [0.29, 0.717) is 13.1 Å². The Morgan fingerprint density at radius 3 is 2.86 bits per heavy atom. The van der Waals surface area contributed by atoms with Gasteiger partial charge in [-0.25, -0.2) is 4.98 Å². The van der Waals surface area contributed by atoms with Crippen molar-refractivity contribution in [1.29, 1.82) is 0 Å². The molecule has 0 saturated heterocycles. The lowest BCUT2D eigenvalue weighted by atomic mass is 10.2. The highest BCUT2D eigenvalue weighted by Gasteiger charge is 2.04. The highest BCUT2D eigenvalue weighted by Crippen LogP contribution is 1.97. The highest BCUT2D eigenvalue weighted by molar-refractivity contribution is 5.07. The minimum Gasteiger partial charge on any atom is -0.330 e. The summed E-state index contributed by atoms with van der Waals surface area (Å²) in [7, 11) is 0. The van der Waals surface area contributed by atoms with Crippen molar-refractivity contribution in [2.45, 2.75) is 33.2 Å². The maximum Gasteiger partial charge on any atom is 0.256 e. The van der Waals surface area contributed by atoms with Gasteiger partial charge in [0.2, 0.25) is 0 Å². The Hall–Kier alpha value is -1.16. The van der Waals surface area contributed by atoms with Crippen molar-refractivity contribution in [1.82, 2.24) is 9.55 Å². The molecular formula is C10H17N3O. The smallest absolute Gasteiger partial charge is 0.256 e. The van der Waals surface area contributed by atoms with E-state index in [2.05, 4.69) is 4.98 Å². The van der Waals surface area contributed by atoms with Crippen LogP contribution in [0.3, 0.4) is 0 Å². The topological polar surface area (TPSA) is 60.9 Å². The third kappa shape index (κ3) is 2.20. The van der Waals surface area contributed by atoms with Crippen LogP contribution in [-0.2, 0) is 13.0 Å². The molecule has 0 aromatic carbocycles. The first-order valence-corrected chi connectivity index (χ1v) is 4.96. The van der Waals surface area contributed by atoms with Crippen LogP contribution in [0.4, 0.5) is 0 Å². The largest absolute Gasteiger partial charge is 0.330 e. The van der Waals surface area contributed by atoms with Gasteiger partial charge in [-0.15, -0.1) is 0 Å². The van der Waals surface area contributed by atoms with Crippen LogP contribution >= 0.6 is 0 Å². The van der Waals surface area contributed by atoms with Crippen molar-refractivity contribution in [2.75, 3.05) is 6.54 Å². The summed E-state index contributed by atoms with van der Waals surface area (Å²) in [6.45, 7) is 5.08. The number of hydrogen-bond acceptors (Lipinski definition) is 3. The predicted molar refractivity (Wildman–Crippen MR) is 56.3 cm³/mol. The molecule has 0 unspecified atom stereocenters. The third-order valence-corrected chi connectivity index (χ3v) is 2.28. The molecule has 2 N–H and O–H groups in total. The van der Waals surface area contributed by atoms with Crippen LogP contribution in [0.2, 0.25) is 0 Å². The number of hydrogen-bond donors (Lipinski definition) is 1. The van der Waals surface area contributed by atoms with Crippen LogP contribution in [0.15, 0.2) is 11.0 Å². The lowest BCUT2D eigenvalue weighted by molar-refractivity contribution is 0.656. The van der Waals surface area contributed by atoms with Crippen LogP contribution < -0.4 is 11.3 Å². The van der Waals surface area contributed by atoms with Crippen molar-refractivity contribution in [3.63, 3.8) is 0 Å². The second-order valence-electron chi connectivity index (χ2n) is 3.27. The first kappa shape index (κ1) is 10.9. The molecular weight excluding hydrogens is 178 g/mol. The van der Waals surface area contributed by atoms with Crippen LogP contribution in [0.5, 0.6) is 0 Å². The Labute approximate surface area is 83.8 Å². The van der Waals surface area contributed by atoms with Gasteiger partial charge in [-0.1, -0.05) is 0 Å². The molecule has 78 valence electrons. The fourth-order valence-electron chi connectivity index (χ4n) is 1.45. The summed E-state index contributed by atoms with van der Waals surface area (Å²) in [4.78, 5) is 16.0. The molecule has 1 heterocycles. The van der Waals surface area contributed by atoms with Crippen molar-refractivity contribution < 1.29 is 0 Å². The SMILES string of the molecule is CCn1c(C)ncc(CCCN)c1=O. The van der Waals surface area contributed by atoms with E-state index in [0.717, 1.165) is 24.2 Å². The van der Waals surface area contributed by atoms with E-state index in [1.54, 1.807) is 10.8 Å². The first-order chi connectivity index (χ1) is 6.70. The number of rotatable bonds is 4. The minimum atomic E-state index is 0.0773. The number of aryl methyl sites for hydroxylation is 2. The summed E-state index contributed by atoms with van der Waals surface area (Å²) < 4.78 is 1.69. The quantitative estimate of drug-likeness (QED) is 0.759. The Kier molecular flexibility index (Phi) is 3.83. The molecule has 0 fully saturated rings. The molecule has 0 aliphatic rings. The van der Waals surface area contributed by atoms with Crippen molar-refractivity contribution >= 4 is 0 Å². The number of nitrogens with two attached hydrogens (primary N) is 1. The summed E-state index contributed by atoms with van der Waals surface area (Å²) in [5.74, 6) is 0.772. The van der Waals surface area contributed by atoms with Gasteiger partial charge in [-0.05, 0) is 33.2 Å². The fraction of sp³-hybridized carbons (Fsp3) is 0.600. The summed E-state index contributed by atoms with van der Waals surface area (Å²) in [6, 6.07) is 0. The zero-order valence-electron chi connectivity index (χ0n) is 8.79. The van der Waals surface area contributed by atoms with Gasteiger partial charge in [-0.2, -0.15) is 0 Å². The van der Waals surface area contributed by atoms with Gasteiger partial charge in [-0.3, -0.25) is 9.36 Å². The van der Waals surface area contributed by atoms with Crippen LogP contribution in [-0.4, -0.2) is 16.1 Å². The molecule has 4 nitrogen and oxygen atoms in total. The zero-order valence-corrected chi connectivity index (χ0v) is 8.79. The van der Waals surface area contributed by atoms with Crippen molar-refractivity contribution in [3.05, 3.63) is 27.9 Å². The molecule has 0 atom stereocenters. The highest BCUT2D eigenvalue weighted by atomic mass is 16.1. The zero-order chi connectivity index (χ0) is 10.6. The van der Waals surface area contributed by atoms with E-state index in [9.17, 15) is 4.79 Å². The lowest BCUT2D eigenvalue weighted by Crippen LogP contribution is -2.26. The van der Waals surface area contributed by atoms with Gasteiger partial charge in [0, 0.05) is 18.3 Å². The fourth-order valence-corrected chi connectivity index (χ4v) is 1.45. The molecule has 14 heavy (non-hydrogen) atoms. The number of aromatic nitrogens is 2. The van der Waals surface area contributed by atoms with Gasteiger partial charge in [0.15, 0.2) is 0 Å². The average Bonchev–Trinajstić information content (AvgIpc) is 2.18. The van der Waals surface area contributed by atoms with Gasteiger partial charge in [0.25, 0.3) is 5.56 Å². The molecule has 0 radical (unpaired) electrons. The van der Waals surface area contributed by atoms with E-state index >= 15 is 0 Å². The molecule has 4 heteroatoms. The molecule has 0 aliphatic carbocycles. The monoisotopic (exact) mass is 195 g/mol. The lowest BCUT2D eigenvalue weighted by Gasteiger charge is -2.07. The Morgan fingerprint density at radius 1 is 1.57 bits per heavy atom. The van der Waals surface area contributed by atoms with Crippen molar-refractivity contribution in [3.8, 4) is 0 Å². The summed E-state index contributed by atoms with van der Waals surface area (Å²) in [5, 5.41) is 0. The second-order valence-corrected chi connectivity index (χ2v) is 3.27. The summed E-state index contributed by atoms with van der Waals surface area (Å²) in [5.41, 5.74) is 6.24. The molecule has 1 rings (SSSR count). The molecule has 1 aromatic heterocycles. The number of nitrogens with zero attached hydrogens (tertiary/aromatic N) is 2. The normalized spacial score (nSPS) is 10.5.